The zero-order chi connectivity index (χ0) is 11.3. The predicted octanol–water partition coefficient (Wildman–Crippen LogP) is 3.26. The maximum Gasteiger partial charge on any atom is 0.137 e. The van der Waals surface area contributed by atoms with Gasteiger partial charge in [0.05, 0.1) is 25.9 Å². The molecule has 0 radical (unpaired) electrons. The molecule has 1 aromatic carbocycles. The zero-order valence-corrected chi connectivity index (χ0v) is 9.60. The molecule has 4 heteroatoms. The van der Waals surface area contributed by atoms with E-state index in [4.69, 9.17) is 21.1 Å². The second-order valence-corrected chi connectivity index (χ2v) is 3.50. The third kappa shape index (κ3) is 2.99. The first-order chi connectivity index (χ1) is 7.22. The van der Waals surface area contributed by atoms with Crippen molar-refractivity contribution in [3.8, 4) is 11.5 Å². The second kappa shape index (κ2) is 5.81. The highest BCUT2D eigenvalue weighted by atomic mass is 35.5. The van der Waals surface area contributed by atoms with E-state index in [9.17, 15) is 4.39 Å². The Morgan fingerprint density at radius 2 is 1.87 bits per heavy atom. The van der Waals surface area contributed by atoms with Crippen molar-refractivity contribution < 1.29 is 13.9 Å². The lowest BCUT2D eigenvalue weighted by Crippen LogP contribution is -1.95. The molecule has 84 valence electrons. The highest BCUT2D eigenvalue weighted by Gasteiger charge is 2.09. The largest absolute Gasteiger partial charge is 0.496 e. The number of benzene rings is 1. The van der Waals surface area contributed by atoms with Crippen molar-refractivity contribution in [2.45, 2.75) is 12.8 Å². The van der Waals surface area contributed by atoms with Crippen LogP contribution < -0.4 is 9.47 Å². The number of hydrogen-bond donors (Lipinski definition) is 0. The summed E-state index contributed by atoms with van der Waals surface area (Å²) in [6.07, 6.45) is 1.09. The minimum absolute atomic E-state index is 0.339. The number of hydrogen-bond acceptors (Lipinski definition) is 2. The summed E-state index contributed by atoms with van der Waals surface area (Å²) in [5, 5.41) is 0.498. The molecule has 0 aliphatic heterocycles. The lowest BCUT2D eigenvalue weighted by Gasteiger charge is -2.11. The third-order valence-electron chi connectivity index (χ3n) is 2.13. The SMILES string of the molecule is COc1cc(CCCF)c(OC)cc1Cl. The molecular formula is C11H14ClFO2. The van der Waals surface area contributed by atoms with Gasteiger partial charge in [0, 0.05) is 6.07 Å². The number of ether oxygens (including phenoxy) is 2. The highest BCUT2D eigenvalue weighted by Crippen LogP contribution is 2.32. The first-order valence-corrected chi connectivity index (χ1v) is 5.07. The van der Waals surface area contributed by atoms with Gasteiger partial charge in [0.1, 0.15) is 11.5 Å². The minimum atomic E-state index is -0.339. The van der Waals surface area contributed by atoms with E-state index >= 15 is 0 Å². The van der Waals surface area contributed by atoms with Crippen molar-refractivity contribution in [3.05, 3.63) is 22.7 Å². The van der Waals surface area contributed by atoms with Crippen LogP contribution in [0.2, 0.25) is 5.02 Å². The summed E-state index contributed by atoms with van der Waals surface area (Å²) in [6.45, 7) is -0.339. The first-order valence-electron chi connectivity index (χ1n) is 4.69. The fraction of sp³-hybridized carbons (Fsp3) is 0.455. The highest BCUT2D eigenvalue weighted by molar-refractivity contribution is 6.32. The molecule has 0 atom stereocenters. The Hall–Kier alpha value is -0.960. The maximum atomic E-state index is 12.1. The van der Waals surface area contributed by atoms with Gasteiger partial charge in [-0.2, -0.15) is 0 Å². The summed E-state index contributed by atoms with van der Waals surface area (Å²) in [5.41, 5.74) is 0.913. The Kier molecular flexibility index (Phi) is 4.69. The van der Waals surface area contributed by atoms with Crippen molar-refractivity contribution >= 4 is 11.6 Å². The molecule has 15 heavy (non-hydrogen) atoms. The summed E-state index contributed by atoms with van der Waals surface area (Å²) in [4.78, 5) is 0. The van der Waals surface area contributed by atoms with Crippen molar-refractivity contribution in [1.29, 1.82) is 0 Å². The van der Waals surface area contributed by atoms with Crippen LogP contribution in [0.3, 0.4) is 0 Å². The molecule has 0 saturated heterocycles. The molecule has 0 bridgehead atoms. The van der Waals surface area contributed by atoms with E-state index in [2.05, 4.69) is 0 Å². The van der Waals surface area contributed by atoms with Crippen LogP contribution in [0.25, 0.3) is 0 Å². The van der Waals surface area contributed by atoms with E-state index in [0.29, 0.717) is 29.4 Å². The van der Waals surface area contributed by atoms with Crippen molar-refractivity contribution in [1.82, 2.24) is 0 Å². The van der Waals surface area contributed by atoms with Crippen LogP contribution in [0.5, 0.6) is 11.5 Å². The van der Waals surface area contributed by atoms with Crippen LogP contribution in [0.1, 0.15) is 12.0 Å². The molecule has 0 aromatic heterocycles. The van der Waals surface area contributed by atoms with E-state index in [1.807, 2.05) is 0 Å². The average Bonchev–Trinajstić information content (AvgIpc) is 2.26. The number of methoxy groups -OCH3 is 2. The van der Waals surface area contributed by atoms with Crippen LogP contribution in [0, 0.1) is 0 Å². The fourth-order valence-electron chi connectivity index (χ4n) is 1.38. The van der Waals surface area contributed by atoms with Gasteiger partial charge in [-0.1, -0.05) is 11.6 Å². The molecule has 0 unspecified atom stereocenters. The number of alkyl halides is 1. The molecular weight excluding hydrogens is 219 g/mol. The number of aryl methyl sites for hydroxylation is 1. The molecule has 2 nitrogen and oxygen atoms in total. The Bertz CT molecular complexity index is 329. The van der Waals surface area contributed by atoms with Crippen LogP contribution in [-0.4, -0.2) is 20.9 Å². The predicted molar refractivity (Wildman–Crippen MR) is 58.9 cm³/mol. The van der Waals surface area contributed by atoms with Gasteiger partial charge in [-0.25, -0.2) is 0 Å². The van der Waals surface area contributed by atoms with Crippen LogP contribution in [-0.2, 0) is 6.42 Å². The fourth-order valence-corrected chi connectivity index (χ4v) is 1.61. The van der Waals surface area contributed by atoms with Gasteiger partial charge in [-0.15, -0.1) is 0 Å². The second-order valence-electron chi connectivity index (χ2n) is 3.09. The van der Waals surface area contributed by atoms with Gasteiger partial charge in [0.2, 0.25) is 0 Å². The normalized spacial score (nSPS) is 10.1. The monoisotopic (exact) mass is 232 g/mol. The third-order valence-corrected chi connectivity index (χ3v) is 2.43. The van der Waals surface area contributed by atoms with E-state index in [1.54, 1.807) is 26.4 Å². The molecule has 0 saturated carbocycles. The average molecular weight is 233 g/mol. The minimum Gasteiger partial charge on any atom is -0.496 e. The first kappa shape index (κ1) is 12.1. The molecule has 1 aromatic rings. The van der Waals surface area contributed by atoms with Gasteiger partial charge < -0.3 is 9.47 Å². The van der Waals surface area contributed by atoms with Crippen LogP contribution >= 0.6 is 11.6 Å². The number of halogens is 2. The topological polar surface area (TPSA) is 18.5 Å². The zero-order valence-electron chi connectivity index (χ0n) is 8.85. The lowest BCUT2D eigenvalue weighted by atomic mass is 10.1. The van der Waals surface area contributed by atoms with E-state index in [1.165, 1.54) is 0 Å². The molecule has 0 heterocycles. The quantitative estimate of drug-likeness (QED) is 0.776. The van der Waals surface area contributed by atoms with Crippen LogP contribution in [0.15, 0.2) is 12.1 Å². The number of rotatable bonds is 5. The van der Waals surface area contributed by atoms with Gasteiger partial charge in [0.25, 0.3) is 0 Å². The summed E-state index contributed by atoms with van der Waals surface area (Å²) >= 11 is 5.94. The Morgan fingerprint density at radius 3 is 2.40 bits per heavy atom. The van der Waals surface area contributed by atoms with Gasteiger partial charge in [0.15, 0.2) is 0 Å². The smallest absolute Gasteiger partial charge is 0.137 e. The molecule has 0 spiro atoms. The van der Waals surface area contributed by atoms with E-state index in [-0.39, 0.29) is 6.67 Å². The van der Waals surface area contributed by atoms with Gasteiger partial charge in [-0.05, 0) is 24.5 Å². The van der Waals surface area contributed by atoms with Crippen molar-refractivity contribution in [3.63, 3.8) is 0 Å². The van der Waals surface area contributed by atoms with Crippen molar-refractivity contribution in [2.24, 2.45) is 0 Å². The Morgan fingerprint density at radius 1 is 1.20 bits per heavy atom. The molecule has 0 aliphatic carbocycles. The van der Waals surface area contributed by atoms with E-state index in [0.717, 1.165) is 5.56 Å². The summed E-state index contributed by atoms with van der Waals surface area (Å²) < 4.78 is 22.3. The van der Waals surface area contributed by atoms with Gasteiger partial charge in [-0.3, -0.25) is 4.39 Å². The molecule has 0 amide bonds. The summed E-state index contributed by atoms with van der Waals surface area (Å²) in [6, 6.07) is 3.48. The summed E-state index contributed by atoms with van der Waals surface area (Å²) in [7, 11) is 3.11. The Balaban J connectivity index is 2.99. The molecule has 0 N–H and O–H groups in total. The molecule has 0 fully saturated rings. The Labute approximate surface area is 94.0 Å². The lowest BCUT2D eigenvalue weighted by molar-refractivity contribution is 0.396. The summed E-state index contributed by atoms with van der Waals surface area (Å²) in [5.74, 6) is 1.26. The molecule has 0 aliphatic rings. The van der Waals surface area contributed by atoms with Gasteiger partial charge >= 0.3 is 0 Å². The van der Waals surface area contributed by atoms with E-state index < -0.39 is 0 Å². The van der Waals surface area contributed by atoms with Crippen LogP contribution in [0.4, 0.5) is 4.39 Å². The van der Waals surface area contributed by atoms with Crippen molar-refractivity contribution in [2.75, 3.05) is 20.9 Å². The standard InChI is InChI=1S/C11H14ClFO2/c1-14-10-7-9(12)11(15-2)6-8(10)4-3-5-13/h6-7H,3-5H2,1-2H3. The maximum absolute atomic E-state index is 12.1. The molecule has 1 rings (SSSR count).